The normalized spacial score (nSPS) is 11.6. The Morgan fingerprint density at radius 3 is 2.47 bits per heavy atom. The molecule has 0 spiro atoms. The predicted molar refractivity (Wildman–Crippen MR) is 122 cm³/mol. The van der Waals surface area contributed by atoms with Gasteiger partial charge in [0.15, 0.2) is 0 Å². The molecule has 4 aromatic rings. The van der Waals surface area contributed by atoms with Gasteiger partial charge >= 0.3 is 0 Å². The number of fused-ring (bicyclic) bond motifs is 1. The fourth-order valence-electron chi connectivity index (χ4n) is 3.65. The van der Waals surface area contributed by atoms with Gasteiger partial charge < -0.3 is 14.5 Å². The van der Waals surface area contributed by atoms with E-state index in [0.29, 0.717) is 6.61 Å². The van der Waals surface area contributed by atoms with Crippen LogP contribution in [0.4, 0.5) is 0 Å². The van der Waals surface area contributed by atoms with Crippen LogP contribution in [0.15, 0.2) is 60.7 Å². The number of rotatable bonds is 5. The Kier molecular flexibility index (Phi) is 5.25. The molecule has 0 aliphatic heterocycles. The van der Waals surface area contributed by atoms with Gasteiger partial charge in [-0.05, 0) is 59.9 Å². The number of benzene rings is 3. The van der Waals surface area contributed by atoms with E-state index in [4.69, 9.17) is 14.5 Å². The van der Waals surface area contributed by atoms with Crippen molar-refractivity contribution in [3.05, 3.63) is 77.4 Å². The molecule has 0 saturated carbocycles. The molecule has 1 heterocycles. The van der Waals surface area contributed by atoms with Crippen molar-refractivity contribution in [1.29, 1.82) is 0 Å². The number of hydrogen-bond donors (Lipinski definition) is 1. The molecule has 0 bridgehead atoms. The smallest absolute Gasteiger partial charge is 0.138 e. The van der Waals surface area contributed by atoms with Gasteiger partial charge in [-0.25, -0.2) is 4.98 Å². The van der Waals surface area contributed by atoms with Crippen molar-refractivity contribution in [2.24, 2.45) is 0 Å². The van der Waals surface area contributed by atoms with Crippen molar-refractivity contribution >= 4 is 11.0 Å². The molecule has 1 N–H and O–H groups in total. The second-order valence-corrected chi connectivity index (χ2v) is 8.67. The highest BCUT2D eigenvalue weighted by atomic mass is 16.5. The molecule has 3 aromatic carbocycles. The summed E-state index contributed by atoms with van der Waals surface area (Å²) in [5.74, 6) is 2.56. The molecule has 0 unspecified atom stereocenters. The van der Waals surface area contributed by atoms with Crippen LogP contribution in [0.2, 0.25) is 0 Å². The maximum absolute atomic E-state index is 6.31. The van der Waals surface area contributed by atoms with E-state index in [-0.39, 0.29) is 5.41 Å². The summed E-state index contributed by atoms with van der Waals surface area (Å²) in [6.45, 7) is 9.11. The molecule has 0 aliphatic carbocycles. The lowest BCUT2D eigenvalue weighted by atomic mass is 9.86. The maximum Gasteiger partial charge on any atom is 0.138 e. The number of nitrogens with one attached hydrogen (secondary N) is 1. The molecular weight excluding hydrogens is 372 g/mol. The fourth-order valence-corrected chi connectivity index (χ4v) is 3.65. The Morgan fingerprint density at radius 2 is 1.73 bits per heavy atom. The topological polar surface area (TPSA) is 47.1 Å². The maximum atomic E-state index is 6.31. The quantitative estimate of drug-likeness (QED) is 0.420. The van der Waals surface area contributed by atoms with E-state index in [2.05, 4.69) is 56.9 Å². The first-order chi connectivity index (χ1) is 14.3. The molecule has 0 radical (unpaired) electrons. The van der Waals surface area contributed by atoms with Crippen molar-refractivity contribution in [2.45, 2.75) is 39.7 Å². The van der Waals surface area contributed by atoms with Crippen LogP contribution in [0.1, 0.15) is 37.5 Å². The van der Waals surface area contributed by atoms with Crippen LogP contribution in [0, 0.1) is 6.92 Å². The Hall–Kier alpha value is -3.27. The van der Waals surface area contributed by atoms with Crippen LogP contribution in [0.5, 0.6) is 11.5 Å². The molecule has 0 aliphatic rings. The van der Waals surface area contributed by atoms with Crippen molar-refractivity contribution in [3.8, 4) is 22.9 Å². The third-order valence-electron chi connectivity index (χ3n) is 5.27. The molecule has 30 heavy (non-hydrogen) atoms. The zero-order valence-electron chi connectivity index (χ0n) is 18.2. The number of para-hydroxylation sites is 2. The molecule has 1 aromatic heterocycles. The van der Waals surface area contributed by atoms with Gasteiger partial charge in [0.25, 0.3) is 0 Å². The average Bonchev–Trinajstić information content (AvgIpc) is 3.15. The van der Waals surface area contributed by atoms with E-state index >= 15 is 0 Å². The number of ether oxygens (including phenoxy) is 2. The minimum atomic E-state index is 0.00322. The van der Waals surface area contributed by atoms with Crippen molar-refractivity contribution < 1.29 is 9.47 Å². The SMILES string of the molecule is COc1ccc(-c2nc3ccccc3[nH]2)cc1COc1cc(C)ccc1C(C)(C)C. The zero-order chi connectivity index (χ0) is 21.3. The van der Waals surface area contributed by atoms with Gasteiger partial charge in [-0.15, -0.1) is 0 Å². The molecular formula is C26H28N2O2. The van der Waals surface area contributed by atoms with E-state index < -0.39 is 0 Å². The standard InChI is InChI=1S/C26H28N2O2/c1-17-10-12-20(26(2,3)4)24(14-17)30-16-19-15-18(11-13-23(19)29-5)25-27-21-8-6-7-9-22(21)28-25/h6-15H,16H2,1-5H3,(H,27,28). The largest absolute Gasteiger partial charge is 0.496 e. The Balaban J connectivity index is 1.66. The van der Waals surface area contributed by atoms with E-state index in [1.807, 2.05) is 36.4 Å². The molecule has 0 atom stereocenters. The summed E-state index contributed by atoms with van der Waals surface area (Å²) in [4.78, 5) is 8.11. The molecule has 154 valence electrons. The van der Waals surface area contributed by atoms with Gasteiger partial charge in [0.05, 0.1) is 18.1 Å². The van der Waals surface area contributed by atoms with Crippen LogP contribution < -0.4 is 9.47 Å². The minimum Gasteiger partial charge on any atom is -0.496 e. The van der Waals surface area contributed by atoms with E-state index in [9.17, 15) is 0 Å². The molecule has 4 nitrogen and oxygen atoms in total. The second kappa shape index (κ2) is 7.86. The lowest BCUT2D eigenvalue weighted by Crippen LogP contribution is -2.13. The summed E-state index contributed by atoms with van der Waals surface area (Å²) in [5.41, 5.74) is 6.35. The first-order valence-corrected chi connectivity index (χ1v) is 10.2. The van der Waals surface area contributed by atoms with E-state index in [0.717, 1.165) is 39.5 Å². The number of aryl methyl sites for hydroxylation is 1. The van der Waals surface area contributed by atoms with Crippen LogP contribution >= 0.6 is 0 Å². The van der Waals surface area contributed by atoms with Crippen LogP contribution in [-0.4, -0.2) is 17.1 Å². The van der Waals surface area contributed by atoms with Gasteiger partial charge in [0, 0.05) is 11.1 Å². The number of hydrogen-bond acceptors (Lipinski definition) is 3. The van der Waals surface area contributed by atoms with Crippen molar-refractivity contribution in [1.82, 2.24) is 9.97 Å². The molecule has 0 saturated heterocycles. The van der Waals surface area contributed by atoms with E-state index in [1.165, 1.54) is 11.1 Å². The highest BCUT2D eigenvalue weighted by Gasteiger charge is 2.19. The molecule has 4 heteroatoms. The molecule has 0 amide bonds. The summed E-state index contributed by atoms with van der Waals surface area (Å²) in [5, 5.41) is 0. The summed E-state index contributed by atoms with van der Waals surface area (Å²) in [7, 11) is 1.69. The predicted octanol–water partition coefficient (Wildman–Crippen LogP) is 6.42. The average molecular weight is 401 g/mol. The Morgan fingerprint density at radius 1 is 0.933 bits per heavy atom. The Labute approximate surface area is 177 Å². The number of imidazole rings is 1. The van der Waals surface area contributed by atoms with Gasteiger partial charge in [-0.1, -0.05) is 45.0 Å². The zero-order valence-corrected chi connectivity index (χ0v) is 18.2. The molecule has 0 fully saturated rings. The fraction of sp³-hybridized carbons (Fsp3) is 0.269. The van der Waals surface area contributed by atoms with Gasteiger partial charge in [0.1, 0.15) is 23.9 Å². The van der Waals surface area contributed by atoms with Crippen molar-refractivity contribution in [3.63, 3.8) is 0 Å². The summed E-state index contributed by atoms with van der Waals surface area (Å²) < 4.78 is 11.9. The summed E-state index contributed by atoms with van der Waals surface area (Å²) in [6, 6.07) is 20.5. The highest BCUT2D eigenvalue weighted by molar-refractivity contribution is 5.79. The van der Waals surface area contributed by atoms with Crippen LogP contribution in [0.25, 0.3) is 22.4 Å². The van der Waals surface area contributed by atoms with Crippen LogP contribution in [-0.2, 0) is 12.0 Å². The lowest BCUT2D eigenvalue weighted by molar-refractivity contribution is 0.289. The monoisotopic (exact) mass is 400 g/mol. The van der Waals surface area contributed by atoms with Gasteiger partial charge in [0.2, 0.25) is 0 Å². The second-order valence-electron chi connectivity index (χ2n) is 8.67. The first kappa shape index (κ1) is 20.0. The third-order valence-corrected chi connectivity index (χ3v) is 5.27. The number of methoxy groups -OCH3 is 1. The molecule has 4 rings (SSSR count). The van der Waals surface area contributed by atoms with Gasteiger partial charge in [-0.3, -0.25) is 0 Å². The minimum absolute atomic E-state index is 0.00322. The number of aromatic amines is 1. The summed E-state index contributed by atoms with van der Waals surface area (Å²) in [6.07, 6.45) is 0. The lowest BCUT2D eigenvalue weighted by Gasteiger charge is -2.23. The number of H-pyrrole nitrogens is 1. The van der Waals surface area contributed by atoms with E-state index in [1.54, 1.807) is 7.11 Å². The van der Waals surface area contributed by atoms with Gasteiger partial charge in [-0.2, -0.15) is 0 Å². The van der Waals surface area contributed by atoms with Crippen LogP contribution in [0.3, 0.4) is 0 Å². The highest BCUT2D eigenvalue weighted by Crippen LogP contribution is 2.34. The van der Waals surface area contributed by atoms with Crippen molar-refractivity contribution in [2.75, 3.05) is 7.11 Å². The Bertz CT molecular complexity index is 1150. The third kappa shape index (κ3) is 4.04. The number of aromatic nitrogens is 2. The first-order valence-electron chi connectivity index (χ1n) is 10.2. The summed E-state index contributed by atoms with van der Waals surface area (Å²) >= 11 is 0. The number of nitrogens with zero attached hydrogens (tertiary/aromatic N) is 1.